The lowest BCUT2D eigenvalue weighted by Crippen LogP contribution is -2.44. The quantitative estimate of drug-likeness (QED) is 0.741. The van der Waals surface area contributed by atoms with Crippen LogP contribution in [0.3, 0.4) is 0 Å². The van der Waals surface area contributed by atoms with Crippen LogP contribution < -0.4 is 4.90 Å². The van der Waals surface area contributed by atoms with Gasteiger partial charge in [0, 0.05) is 17.4 Å². The number of anilines is 1. The standard InChI is InChI=1S/C20H14ClNO3/c21-10-5-7-11(8-6-10)22-19(24)17-14-9-15(23)16(18(17)20(22)25)13-4-2-1-3-12(13)14/h1-8,14,16-18H,9H2/t14-,16+,17+,18-/m0/s1. The summed E-state index contributed by atoms with van der Waals surface area (Å²) >= 11 is 5.92. The van der Waals surface area contributed by atoms with Crippen molar-refractivity contribution >= 4 is 34.9 Å². The van der Waals surface area contributed by atoms with E-state index in [9.17, 15) is 14.4 Å². The molecule has 0 unspecified atom stereocenters. The number of fused-ring (bicyclic) bond motifs is 1. The Bertz CT molecular complexity index is 936. The molecule has 0 N–H and O–H groups in total. The minimum atomic E-state index is -0.579. The van der Waals surface area contributed by atoms with E-state index in [2.05, 4.69) is 0 Å². The number of benzene rings is 2. The largest absolute Gasteiger partial charge is 0.299 e. The molecule has 2 fully saturated rings. The minimum Gasteiger partial charge on any atom is -0.299 e. The van der Waals surface area contributed by atoms with Crippen LogP contribution in [0, 0.1) is 11.8 Å². The average Bonchev–Trinajstić information content (AvgIpc) is 2.88. The van der Waals surface area contributed by atoms with Crippen LogP contribution in [-0.4, -0.2) is 17.6 Å². The molecule has 0 radical (unpaired) electrons. The maximum absolute atomic E-state index is 13.1. The first-order valence-corrected chi connectivity index (χ1v) is 8.70. The summed E-state index contributed by atoms with van der Waals surface area (Å²) in [7, 11) is 0. The van der Waals surface area contributed by atoms with Crippen molar-refractivity contribution in [3.05, 3.63) is 64.7 Å². The van der Waals surface area contributed by atoms with Gasteiger partial charge in [0.25, 0.3) is 0 Å². The maximum Gasteiger partial charge on any atom is 0.238 e. The minimum absolute atomic E-state index is 0.0732. The zero-order valence-corrected chi connectivity index (χ0v) is 13.9. The highest BCUT2D eigenvalue weighted by Crippen LogP contribution is 2.57. The number of rotatable bonds is 1. The molecule has 4 nitrogen and oxygen atoms in total. The summed E-state index contributed by atoms with van der Waals surface area (Å²) in [6.45, 7) is 0. The second kappa shape index (κ2) is 5.02. The molecule has 2 bridgehead atoms. The molecule has 3 aliphatic carbocycles. The molecule has 1 saturated carbocycles. The number of imide groups is 1. The molecule has 2 aromatic rings. The lowest BCUT2D eigenvalue weighted by molar-refractivity contribution is -0.134. The fourth-order valence-corrected chi connectivity index (χ4v) is 4.93. The number of hydrogen-bond donors (Lipinski definition) is 0. The topological polar surface area (TPSA) is 54.5 Å². The number of halogens is 1. The van der Waals surface area contributed by atoms with Crippen molar-refractivity contribution in [1.82, 2.24) is 0 Å². The van der Waals surface area contributed by atoms with Crippen molar-refractivity contribution in [2.75, 3.05) is 4.90 Å². The molecule has 2 aromatic carbocycles. The van der Waals surface area contributed by atoms with Crippen LogP contribution >= 0.6 is 11.6 Å². The number of ketones is 1. The predicted octanol–water partition coefficient (Wildman–Crippen LogP) is 3.30. The third kappa shape index (κ3) is 1.86. The molecule has 4 aliphatic rings. The second-order valence-corrected chi connectivity index (χ2v) is 7.36. The van der Waals surface area contributed by atoms with Crippen LogP contribution in [0.5, 0.6) is 0 Å². The van der Waals surface area contributed by atoms with E-state index < -0.39 is 17.8 Å². The van der Waals surface area contributed by atoms with Gasteiger partial charge in [-0.25, -0.2) is 0 Å². The fourth-order valence-electron chi connectivity index (χ4n) is 4.80. The second-order valence-electron chi connectivity index (χ2n) is 6.92. The fraction of sp³-hybridized carbons (Fsp3) is 0.250. The highest BCUT2D eigenvalue weighted by molar-refractivity contribution is 6.31. The van der Waals surface area contributed by atoms with Gasteiger partial charge in [-0.2, -0.15) is 0 Å². The van der Waals surface area contributed by atoms with Gasteiger partial charge in [-0.15, -0.1) is 0 Å². The zero-order chi connectivity index (χ0) is 17.3. The third-order valence-electron chi connectivity index (χ3n) is 5.77. The van der Waals surface area contributed by atoms with Crippen molar-refractivity contribution in [2.24, 2.45) is 11.8 Å². The summed E-state index contributed by atoms with van der Waals surface area (Å²) in [5, 5.41) is 0.544. The summed E-state index contributed by atoms with van der Waals surface area (Å²) in [5.74, 6) is -2.12. The summed E-state index contributed by atoms with van der Waals surface area (Å²) in [4.78, 5) is 40.1. The van der Waals surface area contributed by atoms with E-state index >= 15 is 0 Å². The maximum atomic E-state index is 13.1. The Labute approximate surface area is 149 Å². The Hall–Kier alpha value is -2.46. The number of carbonyl (C=O) groups is 3. The van der Waals surface area contributed by atoms with Crippen molar-refractivity contribution < 1.29 is 14.4 Å². The molecular formula is C20H14ClNO3. The van der Waals surface area contributed by atoms with E-state index in [1.54, 1.807) is 24.3 Å². The van der Waals surface area contributed by atoms with Gasteiger partial charge >= 0.3 is 0 Å². The molecule has 1 heterocycles. The Morgan fingerprint density at radius 3 is 2.20 bits per heavy atom. The summed E-state index contributed by atoms with van der Waals surface area (Å²) in [6.07, 6.45) is 0.344. The van der Waals surface area contributed by atoms with Crippen LogP contribution in [0.4, 0.5) is 5.69 Å². The molecule has 4 atom stereocenters. The molecular weight excluding hydrogens is 338 g/mol. The van der Waals surface area contributed by atoms with E-state index in [4.69, 9.17) is 11.6 Å². The van der Waals surface area contributed by atoms with Gasteiger partial charge in [-0.05, 0) is 35.4 Å². The molecule has 1 saturated heterocycles. The lowest BCUT2D eigenvalue weighted by atomic mass is 9.56. The van der Waals surface area contributed by atoms with Crippen LogP contribution in [0.25, 0.3) is 0 Å². The summed E-state index contributed by atoms with van der Waals surface area (Å²) in [5.41, 5.74) is 2.49. The summed E-state index contributed by atoms with van der Waals surface area (Å²) < 4.78 is 0. The number of amides is 2. The monoisotopic (exact) mass is 351 g/mol. The smallest absolute Gasteiger partial charge is 0.238 e. The van der Waals surface area contributed by atoms with E-state index in [1.807, 2.05) is 24.3 Å². The van der Waals surface area contributed by atoms with E-state index in [0.717, 1.165) is 11.1 Å². The predicted molar refractivity (Wildman–Crippen MR) is 92.5 cm³/mol. The van der Waals surface area contributed by atoms with E-state index in [-0.39, 0.29) is 23.5 Å². The highest BCUT2D eigenvalue weighted by atomic mass is 35.5. The van der Waals surface area contributed by atoms with Crippen LogP contribution in [-0.2, 0) is 14.4 Å². The normalized spacial score (nSPS) is 29.8. The van der Waals surface area contributed by atoms with Gasteiger partial charge in [-0.3, -0.25) is 19.3 Å². The molecule has 5 heteroatoms. The molecule has 1 aliphatic heterocycles. The summed E-state index contributed by atoms with van der Waals surface area (Å²) in [6, 6.07) is 14.4. The van der Waals surface area contributed by atoms with Crippen molar-refractivity contribution in [3.8, 4) is 0 Å². The zero-order valence-electron chi connectivity index (χ0n) is 13.2. The lowest BCUT2D eigenvalue weighted by Gasteiger charge is -2.43. The first-order chi connectivity index (χ1) is 12.1. The number of hydrogen-bond acceptors (Lipinski definition) is 3. The number of Topliss-reactive ketones (excluding diaryl/α,β-unsaturated/α-hetero) is 1. The van der Waals surface area contributed by atoms with E-state index in [0.29, 0.717) is 17.1 Å². The van der Waals surface area contributed by atoms with Gasteiger partial charge < -0.3 is 0 Å². The molecule has 6 rings (SSSR count). The van der Waals surface area contributed by atoms with Crippen molar-refractivity contribution in [1.29, 1.82) is 0 Å². The SMILES string of the molecule is O=C1C[C@H]2c3ccccc3[C@H]1[C@@H]1C(=O)N(c3ccc(Cl)cc3)C(=O)[C@@H]12. The van der Waals surface area contributed by atoms with Gasteiger partial charge in [-0.1, -0.05) is 35.9 Å². The Morgan fingerprint density at radius 1 is 0.840 bits per heavy atom. The Morgan fingerprint density at radius 2 is 1.48 bits per heavy atom. The average molecular weight is 352 g/mol. The van der Waals surface area contributed by atoms with Gasteiger partial charge in [0.2, 0.25) is 11.8 Å². The number of nitrogens with zero attached hydrogens (tertiary/aromatic N) is 1. The van der Waals surface area contributed by atoms with E-state index in [1.165, 1.54) is 4.90 Å². The first kappa shape index (κ1) is 14.8. The molecule has 124 valence electrons. The van der Waals surface area contributed by atoms with Crippen LogP contribution in [0.2, 0.25) is 5.02 Å². The van der Waals surface area contributed by atoms with Gasteiger partial charge in [0.05, 0.1) is 23.4 Å². The van der Waals surface area contributed by atoms with Crippen molar-refractivity contribution in [3.63, 3.8) is 0 Å². The number of carbonyl (C=O) groups excluding carboxylic acids is 3. The highest BCUT2D eigenvalue weighted by Gasteiger charge is 2.62. The Balaban J connectivity index is 1.65. The first-order valence-electron chi connectivity index (χ1n) is 8.33. The van der Waals surface area contributed by atoms with Crippen LogP contribution in [0.15, 0.2) is 48.5 Å². The molecule has 0 aromatic heterocycles. The van der Waals surface area contributed by atoms with Gasteiger partial charge in [0.1, 0.15) is 5.78 Å². The van der Waals surface area contributed by atoms with Gasteiger partial charge in [0.15, 0.2) is 0 Å². The van der Waals surface area contributed by atoms with Crippen molar-refractivity contribution in [2.45, 2.75) is 18.3 Å². The third-order valence-corrected chi connectivity index (χ3v) is 6.03. The molecule has 2 amide bonds. The molecule has 0 spiro atoms. The van der Waals surface area contributed by atoms with Crippen LogP contribution in [0.1, 0.15) is 29.4 Å². The molecule has 25 heavy (non-hydrogen) atoms. The Kier molecular flexibility index (Phi) is 2.98.